The molecule has 2 aromatic carbocycles. The fourth-order valence-electron chi connectivity index (χ4n) is 2.08. The van der Waals surface area contributed by atoms with E-state index in [1.807, 2.05) is 25.1 Å². The first kappa shape index (κ1) is 15.3. The molecule has 0 spiro atoms. The summed E-state index contributed by atoms with van der Waals surface area (Å²) in [5.74, 6) is -0.727. The van der Waals surface area contributed by atoms with Crippen LogP contribution in [0.15, 0.2) is 42.5 Å². The van der Waals surface area contributed by atoms with Crippen molar-refractivity contribution in [2.75, 3.05) is 12.8 Å². The van der Waals surface area contributed by atoms with Gasteiger partial charge in [0.2, 0.25) is 0 Å². The SMILES string of the molecule is CC(c1cccc(Cl)c1)N(C)C(=O)c1ccc(F)cc1N. The molecule has 0 aliphatic carbocycles. The number of anilines is 1. The second kappa shape index (κ2) is 6.14. The minimum Gasteiger partial charge on any atom is -0.398 e. The zero-order chi connectivity index (χ0) is 15.6. The zero-order valence-corrected chi connectivity index (χ0v) is 12.6. The number of carbonyl (C=O) groups is 1. The molecular formula is C16H16ClFN2O. The van der Waals surface area contributed by atoms with E-state index >= 15 is 0 Å². The van der Waals surface area contributed by atoms with Gasteiger partial charge in [-0.15, -0.1) is 0 Å². The maximum atomic E-state index is 13.1. The van der Waals surface area contributed by atoms with Crippen molar-refractivity contribution in [3.8, 4) is 0 Å². The third-order valence-electron chi connectivity index (χ3n) is 3.48. The lowest BCUT2D eigenvalue weighted by molar-refractivity contribution is 0.0743. The van der Waals surface area contributed by atoms with E-state index in [4.69, 9.17) is 17.3 Å². The summed E-state index contributed by atoms with van der Waals surface area (Å²) in [6.45, 7) is 1.89. The topological polar surface area (TPSA) is 46.3 Å². The Labute approximate surface area is 128 Å². The Morgan fingerprint density at radius 3 is 2.62 bits per heavy atom. The number of nitrogen functional groups attached to an aromatic ring is 1. The van der Waals surface area contributed by atoms with Crippen LogP contribution in [0.25, 0.3) is 0 Å². The van der Waals surface area contributed by atoms with E-state index in [-0.39, 0.29) is 23.2 Å². The van der Waals surface area contributed by atoms with Gasteiger partial charge in [-0.05, 0) is 42.8 Å². The molecule has 2 aromatic rings. The molecule has 0 bridgehead atoms. The van der Waals surface area contributed by atoms with Crippen LogP contribution in [0.5, 0.6) is 0 Å². The highest BCUT2D eigenvalue weighted by atomic mass is 35.5. The van der Waals surface area contributed by atoms with Crippen molar-refractivity contribution >= 4 is 23.2 Å². The summed E-state index contributed by atoms with van der Waals surface area (Å²) in [6, 6.07) is 10.9. The lowest BCUT2D eigenvalue weighted by atomic mass is 10.1. The quantitative estimate of drug-likeness (QED) is 0.874. The Morgan fingerprint density at radius 2 is 2.00 bits per heavy atom. The van der Waals surface area contributed by atoms with Crippen molar-refractivity contribution < 1.29 is 9.18 Å². The van der Waals surface area contributed by atoms with Crippen LogP contribution in [-0.4, -0.2) is 17.9 Å². The summed E-state index contributed by atoms with van der Waals surface area (Å²) in [5.41, 5.74) is 7.04. The summed E-state index contributed by atoms with van der Waals surface area (Å²) in [6.07, 6.45) is 0. The number of amides is 1. The Kier molecular flexibility index (Phi) is 4.48. The standard InChI is InChI=1S/C16H16ClFN2O/c1-10(11-4-3-5-12(17)8-11)20(2)16(21)14-7-6-13(18)9-15(14)19/h3-10H,19H2,1-2H3. The Bertz CT molecular complexity index is 675. The van der Waals surface area contributed by atoms with E-state index in [1.54, 1.807) is 18.0 Å². The van der Waals surface area contributed by atoms with Crippen LogP contribution in [0.3, 0.4) is 0 Å². The highest BCUT2D eigenvalue weighted by Gasteiger charge is 2.21. The van der Waals surface area contributed by atoms with E-state index in [0.717, 1.165) is 11.6 Å². The molecule has 3 nitrogen and oxygen atoms in total. The Hall–Kier alpha value is -2.07. The predicted octanol–water partition coefficient (Wildman–Crippen LogP) is 3.89. The van der Waals surface area contributed by atoms with E-state index in [9.17, 15) is 9.18 Å². The van der Waals surface area contributed by atoms with Gasteiger partial charge < -0.3 is 10.6 Å². The van der Waals surface area contributed by atoms with Crippen molar-refractivity contribution in [3.63, 3.8) is 0 Å². The Balaban J connectivity index is 2.26. The number of rotatable bonds is 3. The van der Waals surface area contributed by atoms with Crippen LogP contribution < -0.4 is 5.73 Å². The normalized spacial score (nSPS) is 12.0. The van der Waals surface area contributed by atoms with Gasteiger partial charge in [-0.1, -0.05) is 23.7 Å². The second-order valence-electron chi connectivity index (χ2n) is 4.88. The molecule has 0 fully saturated rings. The van der Waals surface area contributed by atoms with Crippen molar-refractivity contribution in [1.29, 1.82) is 0 Å². The van der Waals surface area contributed by atoms with Crippen LogP contribution in [0.1, 0.15) is 28.9 Å². The first-order chi connectivity index (χ1) is 9.90. The number of halogens is 2. The molecule has 5 heteroatoms. The summed E-state index contributed by atoms with van der Waals surface area (Å²) in [7, 11) is 1.68. The molecule has 1 amide bonds. The molecule has 0 heterocycles. The lowest BCUT2D eigenvalue weighted by Crippen LogP contribution is -2.30. The van der Waals surface area contributed by atoms with Crippen LogP contribution in [0.2, 0.25) is 5.02 Å². The fourth-order valence-corrected chi connectivity index (χ4v) is 2.28. The molecule has 110 valence electrons. The number of nitrogens with zero attached hydrogens (tertiary/aromatic N) is 1. The molecule has 2 N–H and O–H groups in total. The van der Waals surface area contributed by atoms with E-state index in [1.165, 1.54) is 12.1 Å². The van der Waals surface area contributed by atoms with Gasteiger partial charge in [-0.25, -0.2) is 4.39 Å². The minimum atomic E-state index is -0.463. The van der Waals surface area contributed by atoms with Crippen molar-refractivity contribution in [3.05, 3.63) is 64.4 Å². The molecular weight excluding hydrogens is 291 g/mol. The molecule has 0 aliphatic heterocycles. The summed E-state index contributed by atoms with van der Waals surface area (Å²) in [5, 5.41) is 0.612. The van der Waals surface area contributed by atoms with Gasteiger partial charge in [-0.2, -0.15) is 0 Å². The van der Waals surface area contributed by atoms with Crippen molar-refractivity contribution in [2.24, 2.45) is 0 Å². The smallest absolute Gasteiger partial charge is 0.256 e. The van der Waals surface area contributed by atoms with Crippen molar-refractivity contribution in [1.82, 2.24) is 4.90 Å². The van der Waals surface area contributed by atoms with Gasteiger partial charge in [0.1, 0.15) is 5.82 Å². The predicted molar refractivity (Wildman–Crippen MR) is 82.8 cm³/mol. The molecule has 21 heavy (non-hydrogen) atoms. The third kappa shape index (κ3) is 3.34. The summed E-state index contributed by atoms with van der Waals surface area (Å²) >= 11 is 5.97. The first-order valence-corrected chi connectivity index (χ1v) is 6.85. The van der Waals surface area contributed by atoms with Crippen LogP contribution >= 0.6 is 11.6 Å². The van der Waals surface area contributed by atoms with Gasteiger partial charge in [0, 0.05) is 17.8 Å². The molecule has 1 unspecified atom stereocenters. The average Bonchev–Trinajstić information content (AvgIpc) is 2.45. The Morgan fingerprint density at radius 1 is 1.29 bits per heavy atom. The molecule has 2 rings (SSSR count). The maximum Gasteiger partial charge on any atom is 0.256 e. The molecule has 0 aliphatic rings. The van der Waals surface area contributed by atoms with Crippen LogP contribution in [0.4, 0.5) is 10.1 Å². The number of hydrogen-bond acceptors (Lipinski definition) is 2. The van der Waals surface area contributed by atoms with Gasteiger partial charge >= 0.3 is 0 Å². The first-order valence-electron chi connectivity index (χ1n) is 6.48. The van der Waals surface area contributed by atoms with E-state index < -0.39 is 5.82 Å². The summed E-state index contributed by atoms with van der Waals surface area (Å²) < 4.78 is 13.1. The number of hydrogen-bond donors (Lipinski definition) is 1. The number of carbonyl (C=O) groups excluding carboxylic acids is 1. The lowest BCUT2D eigenvalue weighted by Gasteiger charge is -2.26. The number of nitrogens with two attached hydrogens (primary N) is 1. The second-order valence-corrected chi connectivity index (χ2v) is 5.32. The minimum absolute atomic E-state index is 0.130. The highest BCUT2D eigenvalue weighted by Crippen LogP contribution is 2.25. The average molecular weight is 307 g/mol. The van der Waals surface area contributed by atoms with Crippen molar-refractivity contribution in [2.45, 2.75) is 13.0 Å². The van der Waals surface area contributed by atoms with Gasteiger partial charge in [0.15, 0.2) is 0 Å². The molecule has 0 saturated carbocycles. The van der Waals surface area contributed by atoms with E-state index in [0.29, 0.717) is 5.02 Å². The summed E-state index contributed by atoms with van der Waals surface area (Å²) in [4.78, 5) is 14.0. The van der Waals surface area contributed by atoms with E-state index in [2.05, 4.69) is 0 Å². The maximum absolute atomic E-state index is 13.1. The fraction of sp³-hybridized carbons (Fsp3) is 0.188. The van der Waals surface area contributed by atoms with Crippen LogP contribution in [-0.2, 0) is 0 Å². The van der Waals surface area contributed by atoms with Gasteiger partial charge in [-0.3, -0.25) is 4.79 Å². The largest absolute Gasteiger partial charge is 0.398 e. The monoisotopic (exact) mass is 306 g/mol. The molecule has 0 saturated heterocycles. The molecule has 1 atom stereocenters. The van der Waals surface area contributed by atoms with Gasteiger partial charge in [0.05, 0.1) is 11.6 Å². The molecule has 0 radical (unpaired) electrons. The third-order valence-corrected chi connectivity index (χ3v) is 3.71. The molecule has 0 aromatic heterocycles. The van der Waals surface area contributed by atoms with Crippen LogP contribution in [0, 0.1) is 5.82 Å². The highest BCUT2D eigenvalue weighted by molar-refractivity contribution is 6.30. The zero-order valence-electron chi connectivity index (χ0n) is 11.8. The number of benzene rings is 2. The van der Waals surface area contributed by atoms with Gasteiger partial charge in [0.25, 0.3) is 5.91 Å².